The normalized spacial score (nSPS) is 18.4. The van der Waals surface area contributed by atoms with Gasteiger partial charge in [0.15, 0.2) is 15.7 Å². The minimum absolute atomic E-state index is 0.185. The van der Waals surface area contributed by atoms with Gasteiger partial charge in [-0.25, -0.2) is 13.4 Å². The Morgan fingerprint density at radius 3 is 2.56 bits per heavy atom. The van der Waals surface area contributed by atoms with Gasteiger partial charge in [0.05, 0.1) is 11.5 Å². The quantitative estimate of drug-likeness (QED) is 0.597. The molecule has 8 nitrogen and oxygen atoms in total. The number of rotatable bonds is 6. The third kappa shape index (κ3) is 4.89. The van der Waals surface area contributed by atoms with Crippen LogP contribution in [0.1, 0.15) is 40.5 Å². The lowest BCUT2D eigenvalue weighted by Crippen LogP contribution is -2.39. The van der Waals surface area contributed by atoms with Crippen molar-refractivity contribution in [3.05, 3.63) is 65.5 Å². The molecule has 1 aliphatic carbocycles. The van der Waals surface area contributed by atoms with Gasteiger partial charge in [0.25, 0.3) is 5.91 Å². The fourth-order valence-corrected chi connectivity index (χ4v) is 5.10. The number of carbonyl (C=O) groups excluding carboxylic acids is 1. The summed E-state index contributed by atoms with van der Waals surface area (Å²) in [6, 6.07) is 14.9. The summed E-state index contributed by atoms with van der Waals surface area (Å²) in [5.74, 6) is 2.34. The summed E-state index contributed by atoms with van der Waals surface area (Å²) in [6.45, 7) is 1.68. The topological polar surface area (TPSA) is 108 Å². The third-order valence-electron chi connectivity index (χ3n) is 5.90. The van der Waals surface area contributed by atoms with Crippen LogP contribution in [-0.4, -0.2) is 59.0 Å². The predicted molar refractivity (Wildman–Crippen MR) is 122 cm³/mol. The maximum atomic E-state index is 12.8. The molecular weight excluding hydrogens is 426 g/mol. The van der Waals surface area contributed by atoms with Crippen LogP contribution >= 0.6 is 0 Å². The molecule has 0 radical (unpaired) electrons. The molecule has 2 aliphatic rings. The second kappa shape index (κ2) is 8.48. The molecule has 9 heteroatoms. The minimum Gasteiger partial charge on any atom is -0.322 e. The van der Waals surface area contributed by atoms with Crippen LogP contribution in [-0.2, 0) is 16.4 Å². The van der Waals surface area contributed by atoms with Crippen LogP contribution in [0, 0.1) is 0 Å². The standard InChI is InChI=1S/C23H25N5O3S/c29-23(19-3-1-2-16(14-19)15-28-10-12-32(30,31)13-11-28)24-20-8-6-18(7-9-20)22-25-21(26-27-22)17-4-5-17/h1-3,6-9,14,17H,4-5,10-13,15H2,(H,24,29)(H,25,26,27). The van der Waals surface area contributed by atoms with E-state index in [1.807, 2.05) is 42.5 Å². The van der Waals surface area contributed by atoms with Gasteiger partial charge in [-0.05, 0) is 54.8 Å². The first-order valence-corrected chi connectivity index (χ1v) is 12.6. The number of carbonyl (C=O) groups is 1. The fraction of sp³-hybridized carbons (Fsp3) is 0.348. The van der Waals surface area contributed by atoms with Crippen molar-refractivity contribution in [2.24, 2.45) is 0 Å². The Labute approximate surface area is 187 Å². The molecule has 0 atom stereocenters. The van der Waals surface area contributed by atoms with Crippen molar-refractivity contribution >= 4 is 21.4 Å². The SMILES string of the molecule is O=C(Nc1ccc(-c2n[nH]c(C3CC3)n2)cc1)c1cccc(CN2CCS(=O)(=O)CC2)c1. The molecule has 0 bridgehead atoms. The lowest BCUT2D eigenvalue weighted by atomic mass is 10.1. The van der Waals surface area contributed by atoms with E-state index in [2.05, 4.69) is 25.4 Å². The van der Waals surface area contributed by atoms with E-state index in [1.54, 1.807) is 6.07 Å². The van der Waals surface area contributed by atoms with E-state index in [0.29, 0.717) is 42.6 Å². The monoisotopic (exact) mass is 451 g/mol. The summed E-state index contributed by atoms with van der Waals surface area (Å²) < 4.78 is 23.2. The molecule has 2 heterocycles. The largest absolute Gasteiger partial charge is 0.322 e. The summed E-state index contributed by atoms with van der Waals surface area (Å²) >= 11 is 0. The van der Waals surface area contributed by atoms with Gasteiger partial charge in [-0.1, -0.05) is 12.1 Å². The van der Waals surface area contributed by atoms with E-state index in [-0.39, 0.29) is 17.4 Å². The van der Waals surface area contributed by atoms with Gasteiger partial charge in [-0.3, -0.25) is 14.8 Å². The molecule has 2 aromatic carbocycles. The van der Waals surface area contributed by atoms with E-state index in [4.69, 9.17) is 0 Å². The maximum absolute atomic E-state index is 12.8. The Bertz CT molecular complexity index is 1220. The Morgan fingerprint density at radius 2 is 1.84 bits per heavy atom. The second-order valence-electron chi connectivity index (χ2n) is 8.48. The molecule has 1 aliphatic heterocycles. The molecule has 5 rings (SSSR count). The lowest BCUT2D eigenvalue weighted by molar-refractivity contribution is 0.102. The number of aromatic nitrogens is 3. The molecule has 2 fully saturated rings. The smallest absolute Gasteiger partial charge is 0.255 e. The highest BCUT2D eigenvalue weighted by Gasteiger charge is 2.27. The van der Waals surface area contributed by atoms with E-state index in [1.165, 1.54) is 12.8 Å². The predicted octanol–water partition coefficient (Wildman–Crippen LogP) is 2.83. The van der Waals surface area contributed by atoms with E-state index >= 15 is 0 Å². The van der Waals surface area contributed by atoms with Crippen molar-refractivity contribution in [1.29, 1.82) is 0 Å². The first-order chi connectivity index (χ1) is 15.4. The van der Waals surface area contributed by atoms with Crippen LogP contribution in [0.5, 0.6) is 0 Å². The maximum Gasteiger partial charge on any atom is 0.255 e. The molecule has 0 spiro atoms. The molecule has 166 valence electrons. The number of H-pyrrole nitrogens is 1. The average Bonchev–Trinajstić information content (AvgIpc) is 3.53. The van der Waals surface area contributed by atoms with Gasteiger partial charge in [-0.15, -0.1) is 0 Å². The van der Waals surface area contributed by atoms with Crippen molar-refractivity contribution in [3.8, 4) is 11.4 Å². The van der Waals surface area contributed by atoms with Crippen molar-refractivity contribution in [1.82, 2.24) is 20.1 Å². The first kappa shape index (κ1) is 20.8. The van der Waals surface area contributed by atoms with Crippen molar-refractivity contribution < 1.29 is 13.2 Å². The highest BCUT2D eigenvalue weighted by Crippen LogP contribution is 2.38. The Hall–Kier alpha value is -3.04. The van der Waals surface area contributed by atoms with Crippen molar-refractivity contribution in [3.63, 3.8) is 0 Å². The number of amides is 1. The highest BCUT2D eigenvalue weighted by molar-refractivity contribution is 7.91. The fourth-order valence-electron chi connectivity index (χ4n) is 3.83. The zero-order valence-electron chi connectivity index (χ0n) is 17.6. The highest BCUT2D eigenvalue weighted by atomic mass is 32.2. The van der Waals surface area contributed by atoms with Gasteiger partial charge in [0, 0.05) is 42.4 Å². The Balaban J connectivity index is 1.21. The molecular formula is C23H25N5O3S. The summed E-state index contributed by atoms with van der Waals surface area (Å²) in [6.07, 6.45) is 2.33. The number of hydrogen-bond donors (Lipinski definition) is 2. The third-order valence-corrected chi connectivity index (χ3v) is 7.51. The molecule has 1 amide bonds. The number of sulfone groups is 1. The van der Waals surface area contributed by atoms with Crippen LogP contribution in [0.2, 0.25) is 0 Å². The van der Waals surface area contributed by atoms with Gasteiger partial charge >= 0.3 is 0 Å². The summed E-state index contributed by atoms with van der Waals surface area (Å²) in [4.78, 5) is 19.4. The van der Waals surface area contributed by atoms with Crippen LogP contribution in [0.25, 0.3) is 11.4 Å². The number of nitrogens with one attached hydrogen (secondary N) is 2. The minimum atomic E-state index is -2.90. The number of aromatic amines is 1. The van der Waals surface area contributed by atoms with Gasteiger partial charge in [0.1, 0.15) is 5.82 Å². The van der Waals surface area contributed by atoms with Crippen molar-refractivity contribution in [2.75, 3.05) is 29.9 Å². The van der Waals surface area contributed by atoms with Crippen LogP contribution in [0.15, 0.2) is 48.5 Å². The molecule has 1 saturated heterocycles. The molecule has 3 aromatic rings. The Kier molecular flexibility index (Phi) is 5.52. The summed E-state index contributed by atoms with van der Waals surface area (Å²) in [5.41, 5.74) is 3.16. The van der Waals surface area contributed by atoms with Crippen LogP contribution in [0.3, 0.4) is 0 Å². The summed E-state index contributed by atoms with van der Waals surface area (Å²) in [7, 11) is -2.90. The van der Waals surface area contributed by atoms with Crippen LogP contribution < -0.4 is 5.32 Å². The lowest BCUT2D eigenvalue weighted by Gasteiger charge is -2.26. The molecule has 1 aromatic heterocycles. The van der Waals surface area contributed by atoms with Gasteiger partial charge in [0.2, 0.25) is 0 Å². The molecule has 2 N–H and O–H groups in total. The molecule has 1 saturated carbocycles. The van der Waals surface area contributed by atoms with Gasteiger partial charge < -0.3 is 5.32 Å². The first-order valence-electron chi connectivity index (χ1n) is 10.8. The van der Waals surface area contributed by atoms with Crippen molar-refractivity contribution in [2.45, 2.75) is 25.3 Å². The molecule has 0 unspecified atom stereocenters. The number of nitrogens with zero attached hydrogens (tertiary/aromatic N) is 3. The van der Waals surface area contributed by atoms with E-state index < -0.39 is 9.84 Å². The zero-order chi connectivity index (χ0) is 22.1. The number of hydrogen-bond acceptors (Lipinski definition) is 6. The van der Waals surface area contributed by atoms with Crippen LogP contribution in [0.4, 0.5) is 5.69 Å². The number of anilines is 1. The van der Waals surface area contributed by atoms with E-state index in [0.717, 1.165) is 17.0 Å². The second-order valence-corrected chi connectivity index (χ2v) is 10.8. The van der Waals surface area contributed by atoms with E-state index in [9.17, 15) is 13.2 Å². The summed E-state index contributed by atoms with van der Waals surface area (Å²) in [5, 5.41) is 10.2. The number of benzene rings is 2. The van der Waals surface area contributed by atoms with Gasteiger partial charge in [-0.2, -0.15) is 5.10 Å². The Morgan fingerprint density at radius 1 is 1.09 bits per heavy atom. The average molecular weight is 452 g/mol. The molecule has 32 heavy (non-hydrogen) atoms. The zero-order valence-corrected chi connectivity index (χ0v) is 18.4.